The third-order valence-corrected chi connectivity index (χ3v) is 3.58. The maximum absolute atomic E-state index is 11.4. The molecule has 0 aromatic carbocycles. The summed E-state index contributed by atoms with van der Waals surface area (Å²) in [6, 6.07) is 0. The van der Waals surface area contributed by atoms with E-state index in [-0.39, 0.29) is 11.6 Å². The van der Waals surface area contributed by atoms with Crippen LogP contribution in [0.5, 0.6) is 0 Å². The number of methoxy groups -OCH3 is 1. The van der Waals surface area contributed by atoms with Crippen molar-refractivity contribution in [3.05, 3.63) is 0 Å². The van der Waals surface area contributed by atoms with Crippen LogP contribution in [0, 0.1) is 0 Å². The Bertz CT molecular complexity index is 303. The SMILES string of the molecule is COC(=O)C(C)(N)CCCCN1CCOC(C)(C)C1. The van der Waals surface area contributed by atoms with Gasteiger partial charge in [-0.2, -0.15) is 0 Å². The molecule has 2 N–H and O–H groups in total. The van der Waals surface area contributed by atoms with Crippen LogP contribution in [-0.4, -0.2) is 55.4 Å². The summed E-state index contributed by atoms with van der Waals surface area (Å²) in [4.78, 5) is 13.9. The normalized spacial score (nSPS) is 22.8. The van der Waals surface area contributed by atoms with E-state index >= 15 is 0 Å². The van der Waals surface area contributed by atoms with E-state index in [1.165, 1.54) is 7.11 Å². The molecular formula is C14H28N2O3. The molecule has 0 aliphatic carbocycles. The topological polar surface area (TPSA) is 64.8 Å². The predicted molar refractivity (Wildman–Crippen MR) is 74.9 cm³/mol. The molecular weight excluding hydrogens is 244 g/mol. The van der Waals surface area contributed by atoms with Crippen molar-refractivity contribution in [3.63, 3.8) is 0 Å². The molecule has 1 aliphatic heterocycles. The van der Waals surface area contributed by atoms with Gasteiger partial charge in [-0.15, -0.1) is 0 Å². The van der Waals surface area contributed by atoms with Gasteiger partial charge in [0.15, 0.2) is 0 Å². The summed E-state index contributed by atoms with van der Waals surface area (Å²) in [7, 11) is 1.38. The number of unbranched alkanes of at least 4 members (excludes halogenated alkanes) is 1. The molecule has 0 aromatic heterocycles. The minimum Gasteiger partial charge on any atom is -0.468 e. The van der Waals surface area contributed by atoms with Crippen LogP contribution in [0.25, 0.3) is 0 Å². The summed E-state index contributed by atoms with van der Waals surface area (Å²) < 4.78 is 10.4. The number of ether oxygens (including phenoxy) is 2. The van der Waals surface area contributed by atoms with Crippen molar-refractivity contribution in [2.75, 3.05) is 33.4 Å². The monoisotopic (exact) mass is 272 g/mol. The van der Waals surface area contributed by atoms with Crippen molar-refractivity contribution in [1.82, 2.24) is 4.90 Å². The first-order valence-electron chi connectivity index (χ1n) is 7.00. The lowest BCUT2D eigenvalue weighted by molar-refractivity contribution is -0.146. The number of carbonyl (C=O) groups is 1. The zero-order valence-corrected chi connectivity index (χ0v) is 12.7. The fourth-order valence-corrected chi connectivity index (χ4v) is 2.47. The second-order valence-corrected chi connectivity index (χ2v) is 6.25. The first-order chi connectivity index (χ1) is 8.77. The van der Waals surface area contributed by atoms with Gasteiger partial charge in [-0.1, -0.05) is 0 Å². The third kappa shape index (κ3) is 5.47. The predicted octanol–water partition coefficient (Wildman–Crippen LogP) is 1.16. The van der Waals surface area contributed by atoms with E-state index in [4.69, 9.17) is 15.2 Å². The Morgan fingerprint density at radius 3 is 2.74 bits per heavy atom. The molecule has 0 amide bonds. The highest BCUT2D eigenvalue weighted by Gasteiger charge is 2.29. The maximum Gasteiger partial charge on any atom is 0.325 e. The van der Waals surface area contributed by atoms with E-state index in [1.54, 1.807) is 6.92 Å². The van der Waals surface area contributed by atoms with Gasteiger partial charge in [0.1, 0.15) is 5.54 Å². The van der Waals surface area contributed by atoms with Crippen LogP contribution >= 0.6 is 0 Å². The third-order valence-electron chi connectivity index (χ3n) is 3.58. The number of nitrogens with two attached hydrogens (primary N) is 1. The second kappa shape index (κ2) is 6.68. The number of nitrogens with zero attached hydrogens (tertiary/aromatic N) is 1. The summed E-state index contributed by atoms with van der Waals surface area (Å²) in [6.45, 7) is 9.75. The van der Waals surface area contributed by atoms with E-state index in [1.807, 2.05) is 0 Å². The number of hydrogen-bond donors (Lipinski definition) is 1. The van der Waals surface area contributed by atoms with Crippen molar-refractivity contribution in [2.24, 2.45) is 5.73 Å². The van der Waals surface area contributed by atoms with Crippen LogP contribution in [0.4, 0.5) is 0 Å². The molecule has 19 heavy (non-hydrogen) atoms. The van der Waals surface area contributed by atoms with E-state index in [0.29, 0.717) is 6.42 Å². The van der Waals surface area contributed by atoms with E-state index < -0.39 is 5.54 Å². The second-order valence-electron chi connectivity index (χ2n) is 6.25. The van der Waals surface area contributed by atoms with Crippen LogP contribution in [-0.2, 0) is 14.3 Å². The Morgan fingerprint density at radius 1 is 1.47 bits per heavy atom. The van der Waals surface area contributed by atoms with Gasteiger partial charge in [-0.3, -0.25) is 9.69 Å². The first-order valence-corrected chi connectivity index (χ1v) is 7.00. The van der Waals surface area contributed by atoms with Crippen LogP contribution in [0.1, 0.15) is 40.0 Å². The number of rotatable bonds is 6. The zero-order chi connectivity index (χ0) is 14.5. The Balaban J connectivity index is 2.22. The Kier molecular flexibility index (Phi) is 5.77. The molecule has 1 aliphatic rings. The number of esters is 1. The Morgan fingerprint density at radius 2 is 2.16 bits per heavy atom. The quantitative estimate of drug-likeness (QED) is 0.580. The van der Waals surface area contributed by atoms with E-state index in [0.717, 1.165) is 39.1 Å². The van der Waals surface area contributed by atoms with Gasteiger partial charge in [-0.05, 0) is 46.6 Å². The molecule has 1 fully saturated rings. The van der Waals surface area contributed by atoms with Crippen molar-refractivity contribution >= 4 is 5.97 Å². The number of morpholine rings is 1. The lowest BCUT2D eigenvalue weighted by atomic mass is 9.96. The molecule has 1 saturated heterocycles. The van der Waals surface area contributed by atoms with Gasteiger partial charge in [0.05, 0.1) is 19.3 Å². The van der Waals surface area contributed by atoms with Gasteiger partial charge >= 0.3 is 5.97 Å². The van der Waals surface area contributed by atoms with Crippen LogP contribution in [0.2, 0.25) is 0 Å². The molecule has 0 saturated carbocycles. The fourth-order valence-electron chi connectivity index (χ4n) is 2.47. The maximum atomic E-state index is 11.4. The lowest BCUT2D eigenvalue weighted by Gasteiger charge is -2.38. The van der Waals surface area contributed by atoms with Gasteiger partial charge in [0, 0.05) is 13.1 Å². The lowest BCUT2D eigenvalue weighted by Crippen LogP contribution is -2.48. The minimum atomic E-state index is -0.862. The van der Waals surface area contributed by atoms with Crippen LogP contribution < -0.4 is 5.73 Å². The van der Waals surface area contributed by atoms with Crippen LogP contribution in [0.3, 0.4) is 0 Å². The first kappa shape index (κ1) is 16.4. The van der Waals surface area contributed by atoms with Gasteiger partial charge in [0.25, 0.3) is 0 Å². The van der Waals surface area contributed by atoms with Crippen molar-refractivity contribution in [3.8, 4) is 0 Å². The molecule has 5 heteroatoms. The Hall–Kier alpha value is -0.650. The highest BCUT2D eigenvalue weighted by molar-refractivity contribution is 5.79. The summed E-state index contributed by atoms with van der Waals surface area (Å²) >= 11 is 0. The van der Waals surface area contributed by atoms with Gasteiger partial charge in [-0.25, -0.2) is 0 Å². The zero-order valence-electron chi connectivity index (χ0n) is 12.7. The van der Waals surface area contributed by atoms with E-state index in [9.17, 15) is 4.79 Å². The van der Waals surface area contributed by atoms with Gasteiger partial charge in [0.2, 0.25) is 0 Å². The molecule has 1 rings (SSSR count). The summed E-state index contributed by atoms with van der Waals surface area (Å²) in [5.41, 5.74) is 5.01. The number of carbonyl (C=O) groups excluding carboxylic acids is 1. The van der Waals surface area contributed by atoms with Crippen LogP contribution in [0.15, 0.2) is 0 Å². The smallest absolute Gasteiger partial charge is 0.325 e. The molecule has 0 spiro atoms. The summed E-state index contributed by atoms with van der Waals surface area (Å²) in [5.74, 6) is -0.333. The number of hydrogen-bond acceptors (Lipinski definition) is 5. The standard InChI is InChI=1S/C14H28N2O3/c1-13(2)11-16(9-10-19-13)8-6-5-7-14(3,15)12(17)18-4/h5-11,15H2,1-4H3. The highest BCUT2D eigenvalue weighted by atomic mass is 16.5. The summed E-state index contributed by atoms with van der Waals surface area (Å²) in [6.07, 6.45) is 2.63. The molecule has 0 aromatic rings. The molecule has 5 nitrogen and oxygen atoms in total. The summed E-state index contributed by atoms with van der Waals surface area (Å²) in [5, 5.41) is 0. The highest BCUT2D eigenvalue weighted by Crippen LogP contribution is 2.18. The molecule has 0 bridgehead atoms. The largest absolute Gasteiger partial charge is 0.468 e. The average molecular weight is 272 g/mol. The minimum absolute atomic E-state index is 0.0490. The molecule has 1 atom stereocenters. The van der Waals surface area contributed by atoms with Gasteiger partial charge < -0.3 is 15.2 Å². The van der Waals surface area contributed by atoms with Crippen molar-refractivity contribution in [2.45, 2.75) is 51.2 Å². The van der Waals surface area contributed by atoms with Crippen molar-refractivity contribution < 1.29 is 14.3 Å². The molecule has 1 unspecified atom stereocenters. The Labute approximate surface area is 116 Å². The fraction of sp³-hybridized carbons (Fsp3) is 0.929. The molecule has 112 valence electrons. The van der Waals surface area contributed by atoms with Crippen molar-refractivity contribution in [1.29, 1.82) is 0 Å². The molecule has 1 heterocycles. The van der Waals surface area contributed by atoms with E-state index in [2.05, 4.69) is 18.7 Å². The molecule has 0 radical (unpaired) electrons. The average Bonchev–Trinajstić information content (AvgIpc) is 2.32.